The highest BCUT2D eigenvalue weighted by atomic mass is 32.1. The molecule has 0 fully saturated rings. The molecule has 0 aliphatic rings. The van der Waals surface area contributed by atoms with Crippen molar-refractivity contribution in [3.63, 3.8) is 0 Å². The molecule has 1 aromatic rings. The van der Waals surface area contributed by atoms with Crippen LogP contribution >= 0.6 is 11.3 Å². The van der Waals surface area contributed by atoms with Gasteiger partial charge < -0.3 is 4.74 Å². The minimum absolute atomic E-state index is 0.381. The lowest BCUT2D eigenvalue weighted by atomic mass is 9.98. The van der Waals surface area contributed by atoms with Crippen LogP contribution in [0.3, 0.4) is 0 Å². The van der Waals surface area contributed by atoms with Crippen molar-refractivity contribution < 1.29 is 17.9 Å². The molecule has 1 unspecified atom stereocenters. The van der Waals surface area contributed by atoms with Crippen LogP contribution in [0.2, 0.25) is 0 Å². The van der Waals surface area contributed by atoms with Crippen molar-refractivity contribution in [3.05, 3.63) is 16.1 Å². The van der Waals surface area contributed by atoms with E-state index < -0.39 is 22.8 Å². The number of rotatable bonds is 4. The second kappa shape index (κ2) is 4.89. The minimum Gasteiger partial charge on any atom is -0.377 e. The van der Waals surface area contributed by atoms with Gasteiger partial charge in [-0.3, -0.25) is 5.84 Å². The Morgan fingerprint density at radius 3 is 2.41 bits per heavy atom. The average molecular weight is 269 g/mol. The van der Waals surface area contributed by atoms with Crippen molar-refractivity contribution in [2.45, 2.75) is 31.7 Å². The van der Waals surface area contributed by atoms with Crippen LogP contribution in [0.1, 0.15) is 29.8 Å². The number of nitrogens with one attached hydrogen (secondary N) is 1. The first-order valence-corrected chi connectivity index (χ1v) is 5.58. The summed E-state index contributed by atoms with van der Waals surface area (Å²) < 4.78 is 42.4. The van der Waals surface area contributed by atoms with Crippen LogP contribution in [0.4, 0.5) is 13.2 Å². The molecule has 0 saturated heterocycles. The second-order valence-corrected chi connectivity index (χ2v) is 5.04. The SMILES string of the molecule is COC(C)(C)C(NN)c1cnc(C(F)(F)F)s1. The Labute approximate surface area is 101 Å². The molecule has 3 N–H and O–H groups in total. The van der Waals surface area contributed by atoms with Gasteiger partial charge in [0, 0.05) is 18.2 Å². The van der Waals surface area contributed by atoms with Gasteiger partial charge in [-0.05, 0) is 13.8 Å². The molecule has 1 heterocycles. The molecule has 8 heteroatoms. The maximum absolute atomic E-state index is 12.4. The Morgan fingerprint density at radius 2 is 2.06 bits per heavy atom. The van der Waals surface area contributed by atoms with Crippen molar-refractivity contribution in [1.29, 1.82) is 0 Å². The third-order valence-corrected chi connectivity index (χ3v) is 3.55. The van der Waals surface area contributed by atoms with Crippen LogP contribution < -0.4 is 11.3 Å². The summed E-state index contributed by atoms with van der Waals surface area (Å²) in [7, 11) is 1.47. The maximum Gasteiger partial charge on any atom is 0.443 e. The summed E-state index contributed by atoms with van der Waals surface area (Å²) in [6.07, 6.45) is -3.27. The Kier molecular flexibility index (Phi) is 4.13. The Hall–Kier alpha value is -0.700. The molecule has 1 atom stereocenters. The standard InChI is InChI=1S/C9H14F3N3OS/c1-8(2,16-3)6(15-13)5-4-14-7(17-5)9(10,11)12/h4,6,15H,13H2,1-3H3. The molecule has 0 radical (unpaired) electrons. The molecule has 1 rings (SSSR count). The number of aromatic nitrogens is 1. The van der Waals surface area contributed by atoms with Crippen molar-refractivity contribution in [2.75, 3.05) is 7.11 Å². The molecule has 0 aromatic carbocycles. The zero-order valence-corrected chi connectivity index (χ0v) is 10.4. The van der Waals surface area contributed by atoms with Crippen LogP contribution in [0.15, 0.2) is 6.20 Å². The third-order valence-electron chi connectivity index (χ3n) is 2.44. The highest BCUT2D eigenvalue weighted by molar-refractivity contribution is 7.11. The highest BCUT2D eigenvalue weighted by Crippen LogP contribution is 2.37. The number of thiazole rings is 1. The van der Waals surface area contributed by atoms with E-state index in [0.717, 1.165) is 0 Å². The molecule has 98 valence electrons. The van der Waals surface area contributed by atoms with Gasteiger partial charge in [-0.1, -0.05) is 0 Å². The molecule has 0 spiro atoms. The fraction of sp³-hybridized carbons (Fsp3) is 0.667. The largest absolute Gasteiger partial charge is 0.443 e. The number of hydrogen-bond acceptors (Lipinski definition) is 5. The zero-order chi connectivity index (χ0) is 13.3. The van der Waals surface area contributed by atoms with Crippen molar-refractivity contribution in [2.24, 2.45) is 5.84 Å². The first-order chi connectivity index (χ1) is 7.72. The number of hydrazine groups is 1. The summed E-state index contributed by atoms with van der Waals surface area (Å²) in [4.78, 5) is 3.73. The number of hydrogen-bond donors (Lipinski definition) is 2. The smallest absolute Gasteiger partial charge is 0.377 e. The van der Waals surface area contributed by atoms with Gasteiger partial charge in [-0.15, -0.1) is 11.3 Å². The predicted octanol–water partition coefficient (Wildman–Crippen LogP) is 2.09. The lowest BCUT2D eigenvalue weighted by Crippen LogP contribution is -2.43. The Morgan fingerprint density at radius 1 is 1.47 bits per heavy atom. The summed E-state index contributed by atoms with van der Waals surface area (Å²) in [6, 6.07) is -0.555. The van der Waals surface area contributed by atoms with Crippen molar-refractivity contribution in [3.8, 4) is 0 Å². The van der Waals surface area contributed by atoms with Crippen LogP contribution in [-0.4, -0.2) is 17.7 Å². The minimum atomic E-state index is -4.43. The number of halogens is 3. The van der Waals surface area contributed by atoms with Gasteiger partial charge in [0.2, 0.25) is 0 Å². The summed E-state index contributed by atoms with van der Waals surface area (Å²) in [5.41, 5.74) is 1.72. The summed E-state index contributed by atoms with van der Waals surface area (Å²) in [5, 5.41) is -0.889. The molecule has 17 heavy (non-hydrogen) atoms. The van der Waals surface area contributed by atoms with E-state index in [1.54, 1.807) is 13.8 Å². The van der Waals surface area contributed by atoms with Crippen LogP contribution in [0, 0.1) is 0 Å². The van der Waals surface area contributed by atoms with Crippen molar-refractivity contribution in [1.82, 2.24) is 10.4 Å². The van der Waals surface area contributed by atoms with Crippen LogP contribution in [0.5, 0.6) is 0 Å². The van der Waals surface area contributed by atoms with Gasteiger partial charge in [-0.2, -0.15) is 13.2 Å². The van der Waals surface area contributed by atoms with Crippen LogP contribution in [0.25, 0.3) is 0 Å². The lowest BCUT2D eigenvalue weighted by molar-refractivity contribution is -0.137. The number of nitrogens with two attached hydrogens (primary N) is 1. The van der Waals surface area contributed by atoms with Gasteiger partial charge in [-0.25, -0.2) is 10.4 Å². The van der Waals surface area contributed by atoms with E-state index in [0.29, 0.717) is 16.2 Å². The molecular weight excluding hydrogens is 255 g/mol. The number of ether oxygens (including phenoxy) is 1. The topological polar surface area (TPSA) is 60.2 Å². The molecule has 1 aromatic heterocycles. The molecule has 0 aliphatic carbocycles. The van der Waals surface area contributed by atoms with E-state index in [-0.39, 0.29) is 0 Å². The van der Waals surface area contributed by atoms with E-state index >= 15 is 0 Å². The molecule has 0 bridgehead atoms. The monoisotopic (exact) mass is 269 g/mol. The van der Waals surface area contributed by atoms with E-state index in [4.69, 9.17) is 10.6 Å². The molecular formula is C9H14F3N3OS. The van der Waals surface area contributed by atoms with Gasteiger partial charge in [0.05, 0.1) is 11.6 Å². The highest BCUT2D eigenvalue weighted by Gasteiger charge is 2.37. The fourth-order valence-electron chi connectivity index (χ4n) is 1.29. The van der Waals surface area contributed by atoms with E-state index in [1.165, 1.54) is 13.3 Å². The van der Waals surface area contributed by atoms with Crippen LogP contribution in [-0.2, 0) is 10.9 Å². The van der Waals surface area contributed by atoms with E-state index in [2.05, 4.69) is 10.4 Å². The molecule has 4 nitrogen and oxygen atoms in total. The number of methoxy groups -OCH3 is 1. The molecule has 0 aliphatic heterocycles. The van der Waals surface area contributed by atoms with E-state index in [9.17, 15) is 13.2 Å². The zero-order valence-electron chi connectivity index (χ0n) is 9.63. The van der Waals surface area contributed by atoms with E-state index in [1.807, 2.05) is 0 Å². The normalized spacial score (nSPS) is 15.0. The second-order valence-electron chi connectivity index (χ2n) is 3.97. The maximum atomic E-state index is 12.4. The van der Waals surface area contributed by atoms with Gasteiger partial charge in [0.1, 0.15) is 0 Å². The molecule has 0 amide bonds. The lowest BCUT2D eigenvalue weighted by Gasteiger charge is -2.31. The van der Waals surface area contributed by atoms with Gasteiger partial charge in [0.25, 0.3) is 0 Å². The summed E-state index contributed by atoms with van der Waals surface area (Å²) in [5.74, 6) is 5.35. The first kappa shape index (κ1) is 14.4. The Balaban J connectivity index is 3.03. The number of alkyl halides is 3. The fourth-order valence-corrected chi connectivity index (χ4v) is 2.31. The van der Waals surface area contributed by atoms with Gasteiger partial charge >= 0.3 is 6.18 Å². The van der Waals surface area contributed by atoms with Crippen molar-refractivity contribution >= 4 is 11.3 Å². The first-order valence-electron chi connectivity index (χ1n) is 4.76. The van der Waals surface area contributed by atoms with Gasteiger partial charge in [0.15, 0.2) is 5.01 Å². The summed E-state index contributed by atoms with van der Waals surface area (Å²) in [6.45, 7) is 3.45. The number of nitrogens with zero attached hydrogens (tertiary/aromatic N) is 1. The quantitative estimate of drug-likeness (QED) is 0.649. The summed E-state index contributed by atoms with van der Waals surface area (Å²) >= 11 is 0.556. The third kappa shape index (κ3) is 3.15. The predicted molar refractivity (Wildman–Crippen MR) is 58.3 cm³/mol. The Bertz CT molecular complexity index is 378. The molecule has 0 saturated carbocycles. The average Bonchev–Trinajstić information content (AvgIpc) is 2.67.